The van der Waals surface area contributed by atoms with Gasteiger partial charge in [-0.15, -0.1) is 0 Å². The molecule has 0 amide bonds. The average molecular weight is 171 g/mol. The van der Waals surface area contributed by atoms with Crippen molar-refractivity contribution < 1.29 is 9.53 Å². The van der Waals surface area contributed by atoms with Gasteiger partial charge in [0, 0.05) is 19.1 Å². The van der Waals surface area contributed by atoms with Crippen molar-refractivity contribution >= 4 is 6.47 Å². The lowest BCUT2D eigenvalue weighted by Gasteiger charge is -2.33. The molecule has 1 fully saturated rings. The number of carbonyl (C=O) groups excluding carboxylic acids is 1. The molecule has 0 atom stereocenters. The average Bonchev–Trinajstić information content (AvgIpc) is 2.06. The maximum absolute atomic E-state index is 10.1. The van der Waals surface area contributed by atoms with E-state index in [1.54, 1.807) is 0 Å². The molecule has 1 aliphatic rings. The van der Waals surface area contributed by atoms with Crippen LogP contribution in [0.1, 0.15) is 26.7 Å². The van der Waals surface area contributed by atoms with Gasteiger partial charge in [-0.1, -0.05) is 0 Å². The Hall–Kier alpha value is -0.570. The molecule has 0 N–H and O–H groups in total. The summed E-state index contributed by atoms with van der Waals surface area (Å²) in [6.45, 7) is 7.06. The summed E-state index contributed by atoms with van der Waals surface area (Å²) in [7, 11) is 0. The van der Waals surface area contributed by atoms with E-state index in [2.05, 4.69) is 18.7 Å². The van der Waals surface area contributed by atoms with Crippen LogP contribution in [0.4, 0.5) is 0 Å². The molecule has 3 nitrogen and oxygen atoms in total. The topological polar surface area (TPSA) is 29.5 Å². The van der Waals surface area contributed by atoms with Crippen molar-refractivity contribution in [3.8, 4) is 0 Å². The van der Waals surface area contributed by atoms with Crippen LogP contribution >= 0.6 is 0 Å². The van der Waals surface area contributed by atoms with E-state index in [0.717, 1.165) is 25.9 Å². The summed E-state index contributed by atoms with van der Waals surface area (Å²) in [6, 6.07) is 0.613. The second-order valence-corrected chi connectivity index (χ2v) is 3.56. The molecule has 0 unspecified atom stereocenters. The van der Waals surface area contributed by atoms with Gasteiger partial charge in [-0.25, -0.2) is 0 Å². The molecule has 0 aromatic rings. The van der Waals surface area contributed by atoms with E-state index in [0.29, 0.717) is 12.5 Å². The fourth-order valence-corrected chi connectivity index (χ4v) is 1.61. The smallest absolute Gasteiger partial charge is 0.293 e. The van der Waals surface area contributed by atoms with Gasteiger partial charge in [0.2, 0.25) is 0 Å². The van der Waals surface area contributed by atoms with Crippen molar-refractivity contribution in [2.75, 3.05) is 13.1 Å². The molecular formula is C9H17NO2. The van der Waals surface area contributed by atoms with Gasteiger partial charge < -0.3 is 9.64 Å². The molecule has 1 heterocycles. The second-order valence-electron chi connectivity index (χ2n) is 3.56. The van der Waals surface area contributed by atoms with Gasteiger partial charge in [-0.05, 0) is 26.7 Å². The molecule has 70 valence electrons. The summed E-state index contributed by atoms with van der Waals surface area (Å²) in [5, 5.41) is 0. The summed E-state index contributed by atoms with van der Waals surface area (Å²) in [6.07, 6.45) is 2.13. The molecule has 0 aromatic heterocycles. The van der Waals surface area contributed by atoms with Crippen molar-refractivity contribution in [3.05, 3.63) is 0 Å². The van der Waals surface area contributed by atoms with Crippen LogP contribution in [0.2, 0.25) is 0 Å². The summed E-state index contributed by atoms with van der Waals surface area (Å²) in [5.41, 5.74) is 0. The van der Waals surface area contributed by atoms with E-state index >= 15 is 0 Å². The van der Waals surface area contributed by atoms with Crippen LogP contribution in [-0.4, -0.2) is 36.6 Å². The predicted molar refractivity (Wildman–Crippen MR) is 46.9 cm³/mol. The Morgan fingerprint density at radius 3 is 2.42 bits per heavy atom. The fourth-order valence-electron chi connectivity index (χ4n) is 1.61. The molecule has 0 radical (unpaired) electrons. The van der Waals surface area contributed by atoms with Gasteiger partial charge in [0.25, 0.3) is 6.47 Å². The number of hydrogen-bond donors (Lipinski definition) is 0. The Balaban J connectivity index is 2.24. The van der Waals surface area contributed by atoms with Gasteiger partial charge in [0.05, 0.1) is 0 Å². The Labute approximate surface area is 73.7 Å². The zero-order valence-corrected chi connectivity index (χ0v) is 7.82. The van der Waals surface area contributed by atoms with E-state index in [9.17, 15) is 4.79 Å². The largest absolute Gasteiger partial charge is 0.464 e. The quantitative estimate of drug-likeness (QED) is 0.594. The summed E-state index contributed by atoms with van der Waals surface area (Å²) < 4.78 is 4.90. The lowest BCUT2D eigenvalue weighted by atomic mass is 10.1. The number of nitrogens with zero attached hydrogens (tertiary/aromatic N) is 1. The molecule has 1 rings (SSSR count). The van der Waals surface area contributed by atoms with Crippen molar-refractivity contribution in [2.45, 2.75) is 38.8 Å². The van der Waals surface area contributed by atoms with Gasteiger partial charge >= 0.3 is 0 Å². The van der Waals surface area contributed by atoms with Crippen LogP contribution in [0.5, 0.6) is 0 Å². The third-order valence-electron chi connectivity index (χ3n) is 2.45. The maximum atomic E-state index is 10.1. The predicted octanol–water partition coefficient (Wildman–Crippen LogP) is 1.03. The molecule has 1 aliphatic heterocycles. The maximum Gasteiger partial charge on any atom is 0.293 e. The minimum absolute atomic E-state index is 0.164. The third kappa shape index (κ3) is 2.48. The van der Waals surface area contributed by atoms with Crippen molar-refractivity contribution in [2.24, 2.45) is 0 Å². The normalized spacial score (nSPS) is 21.2. The highest BCUT2D eigenvalue weighted by Gasteiger charge is 2.20. The number of ether oxygens (including phenoxy) is 1. The fraction of sp³-hybridized carbons (Fsp3) is 0.889. The SMILES string of the molecule is CC(C)N1CCC(OC=O)CC1. The van der Waals surface area contributed by atoms with Crippen LogP contribution in [-0.2, 0) is 9.53 Å². The highest BCUT2D eigenvalue weighted by molar-refractivity contribution is 5.37. The summed E-state index contributed by atoms with van der Waals surface area (Å²) >= 11 is 0. The molecule has 3 heteroatoms. The molecule has 0 aromatic carbocycles. The van der Waals surface area contributed by atoms with Crippen LogP contribution in [0.25, 0.3) is 0 Å². The zero-order valence-electron chi connectivity index (χ0n) is 7.82. The highest BCUT2D eigenvalue weighted by atomic mass is 16.5. The molecule has 0 aliphatic carbocycles. The van der Waals surface area contributed by atoms with Gasteiger partial charge in [0.1, 0.15) is 6.10 Å². The second kappa shape index (κ2) is 4.45. The lowest BCUT2D eigenvalue weighted by molar-refractivity contribution is -0.135. The number of hydrogen-bond acceptors (Lipinski definition) is 3. The molecule has 0 saturated carbocycles. The minimum atomic E-state index is 0.164. The molecule has 1 saturated heterocycles. The Kier molecular flexibility index (Phi) is 3.53. The van der Waals surface area contributed by atoms with Crippen LogP contribution < -0.4 is 0 Å². The Bertz CT molecular complexity index is 139. The van der Waals surface area contributed by atoms with Crippen LogP contribution in [0, 0.1) is 0 Å². The highest BCUT2D eigenvalue weighted by Crippen LogP contribution is 2.14. The number of rotatable bonds is 3. The zero-order chi connectivity index (χ0) is 8.97. The Morgan fingerprint density at radius 1 is 1.42 bits per heavy atom. The summed E-state index contributed by atoms with van der Waals surface area (Å²) in [5.74, 6) is 0. The number of piperidine rings is 1. The lowest BCUT2D eigenvalue weighted by Crippen LogP contribution is -2.40. The molecular weight excluding hydrogens is 154 g/mol. The van der Waals surface area contributed by atoms with E-state index in [4.69, 9.17) is 4.74 Å². The molecule has 0 spiro atoms. The Morgan fingerprint density at radius 2 is 2.00 bits per heavy atom. The number of carbonyl (C=O) groups is 1. The standard InChI is InChI=1S/C9H17NO2/c1-8(2)10-5-3-9(4-6-10)12-7-11/h7-9H,3-6H2,1-2H3. The first-order valence-corrected chi connectivity index (χ1v) is 4.57. The monoisotopic (exact) mass is 171 g/mol. The van der Waals surface area contributed by atoms with Gasteiger partial charge in [-0.3, -0.25) is 4.79 Å². The first kappa shape index (κ1) is 9.52. The van der Waals surface area contributed by atoms with Crippen LogP contribution in [0.15, 0.2) is 0 Å². The van der Waals surface area contributed by atoms with Gasteiger partial charge in [0.15, 0.2) is 0 Å². The van der Waals surface area contributed by atoms with Crippen molar-refractivity contribution in [1.82, 2.24) is 4.90 Å². The van der Waals surface area contributed by atoms with Crippen LogP contribution in [0.3, 0.4) is 0 Å². The van der Waals surface area contributed by atoms with E-state index in [-0.39, 0.29) is 6.10 Å². The minimum Gasteiger partial charge on any atom is -0.464 e. The van der Waals surface area contributed by atoms with E-state index in [1.807, 2.05) is 0 Å². The first-order chi connectivity index (χ1) is 5.74. The molecule has 12 heavy (non-hydrogen) atoms. The van der Waals surface area contributed by atoms with Gasteiger partial charge in [-0.2, -0.15) is 0 Å². The van der Waals surface area contributed by atoms with E-state index in [1.165, 1.54) is 0 Å². The van der Waals surface area contributed by atoms with Crippen molar-refractivity contribution in [1.29, 1.82) is 0 Å². The van der Waals surface area contributed by atoms with Crippen molar-refractivity contribution in [3.63, 3.8) is 0 Å². The third-order valence-corrected chi connectivity index (χ3v) is 2.45. The van der Waals surface area contributed by atoms with E-state index < -0.39 is 0 Å². The first-order valence-electron chi connectivity index (χ1n) is 4.57. The number of likely N-dealkylation sites (tertiary alicyclic amines) is 1. The molecule has 0 bridgehead atoms. The summed E-state index contributed by atoms with van der Waals surface area (Å²) in [4.78, 5) is 12.5.